The first kappa shape index (κ1) is 11.4. The molecule has 88 valence electrons. The van der Waals surface area contributed by atoms with Crippen LogP contribution < -0.4 is 10.1 Å². The van der Waals surface area contributed by atoms with Crippen LogP contribution in [0.1, 0.15) is 38.2 Å². The van der Waals surface area contributed by atoms with Crippen molar-refractivity contribution in [3.05, 3.63) is 23.9 Å². The Balaban J connectivity index is 1.91. The van der Waals surface area contributed by atoms with E-state index in [0.29, 0.717) is 12.6 Å². The van der Waals surface area contributed by atoms with Crippen LogP contribution in [-0.2, 0) is 6.54 Å². The monoisotopic (exact) mass is 220 g/mol. The summed E-state index contributed by atoms with van der Waals surface area (Å²) in [5.74, 6) is 0.774. The van der Waals surface area contributed by atoms with Crippen LogP contribution in [0.3, 0.4) is 0 Å². The van der Waals surface area contributed by atoms with Crippen LogP contribution in [0.4, 0.5) is 0 Å². The van der Waals surface area contributed by atoms with Gasteiger partial charge in [0.1, 0.15) is 0 Å². The van der Waals surface area contributed by atoms with E-state index in [2.05, 4.69) is 16.4 Å². The zero-order valence-corrected chi connectivity index (χ0v) is 9.91. The SMILES string of the molecule is CCOc1ncccc1CNC1CCCC1. The van der Waals surface area contributed by atoms with Crippen LogP contribution in [-0.4, -0.2) is 17.6 Å². The van der Waals surface area contributed by atoms with Gasteiger partial charge >= 0.3 is 0 Å². The van der Waals surface area contributed by atoms with E-state index in [0.717, 1.165) is 18.0 Å². The molecule has 3 heteroatoms. The minimum Gasteiger partial charge on any atom is -0.478 e. The number of nitrogens with one attached hydrogen (secondary N) is 1. The van der Waals surface area contributed by atoms with Gasteiger partial charge in [0.2, 0.25) is 5.88 Å². The van der Waals surface area contributed by atoms with E-state index in [1.54, 1.807) is 6.20 Å². The maximum absolute atomic E-state index is 5.50. The Morgan fingerprint density at radius 1 is 1.44 bits per heavy atom. The summed E-state index contributed by atoms with van der Waals surface area (Å²) in [5.41, 5.74) is 1.16. The maximum atomic E-state index is 5.50. The van der Waals surface area contributed by atoms with Gasteiger partial charge in [0, 0.05) is 24.3 Å². The zero-order valence-electron chi connectivity index (χ0n) is 9.91. The minimum absolute atomic E-state index is 0.674. The molecule has 0 radical (unpaired) electrons. The normalized spacial score (nSPS) is 16.6. The number of pyridine rings is 1. The molecule has 0 bridgehead atoms. The fourth-order valence-electron chi connectivity index (χ4n) is 2.21. The summed E-state index contributed by atoms with van der Waals surface area (Å²) < 4.78 is 5.50. The van der Waals surface area contributed by atoms with Crippen LogP contribution in [0.2, 0.25) is 0 Å². The molecule has 16 heavy (non-hydrogen) atoms. The summed E-state index contributed by atoms with van der Waals surface area (Å²) in [5, 5.41) is 3.58. The maximum Gasteiger partial charge on any atom is 0.217 e. The van der Waals surface area contributed by atoms with E-state index in [9.17, 15) is 0 Å². The molecule has 0 atom stereocenters. The van der Waals surface area contributed by atoms with Crippen molar-refractivity contribution in [1.82, 2.24) is 10.3 Å². The highest BCUT2D eigenvalue weighted by molar-refractivity contribution is 5.25. The first-order valence-corrected chi connectivity index (χ1v) is 6.20. The molecular formula is C13H20N2O. The van der Waals surface area contributed by atoms with Crippen molar-refractivity contribution in [1.29, 1.82) is 0 Å². The van der Waals surface area contributed by atoms with Crippen LogP contribution in [0, 0.1) is 0 Å². The topological polar surface area (TPSA) is 34.1 Å². The van der Waals surface area contributed by atoms with Gasteiger partial charge in [0.05, 0.1) is 6.61 Å². The molecular weight excluding hydrogens is 200 g/mol. The van der Waals surface area contributed by atoms with Crippen molar-refractivity contribution in [3.8, 4) is 5.88 Å². The summed E-state index contributed by atoms with van der Waals surface area (Å²) >= 11 is 0. The standard InChI is InChI=1S/C13H20N2O/c1-2-16-13-11(6-5-9-14-13)10-15-12-7-3-4-8-12/h5-6,9,12,15H,2-4,7-8,10H2,1H3. The highest BCUT2D eigenvalue weighted by atomic mass is 16.5. The molecule has 3 nitrogen and oxygen atoms in total. The van der Waals surface area contributed by atoms with Crippen molar-refractivity contribution in [2.24, 2.45) is 0 Å². The van der Waals surface area contributed by atoms with Gasteiger partial charge in [-0.15, -0.1) is 0 Å². The van der Waals surface area contributed by atoms with E-state index in [1.807, 2.05) is 13.0 Å². The molecule has 1 heterocycles. The Hall–Kier alpha value is -1.09. The third-order valence-electron chi connectivity index (χ3n) is 3.07. The Labute approximate surface area is 97.2 Å². The highest BCUT2D eigenvalue weighted by Crippen LogP contribution is 2.19. The molecule has 0 spiro atoms. The van der Waals surface area contributed by atoms with Crippen molar-refractivity contribution in [3.63, 3.8) is 0 Å². The van der Waals surface area contributed by atoms with Crippen LogP contribution in [0.25, 0.3) is 0 Å². The molecule has 1 saturated carbocycles. The molecule has 1 aromatic heterocycles. The molecule has 0 aliphatic heterocycles. The third-order valence-corrected chi connectivity index (χ3v) is 3.07. The van der Waals surface area contributed by atoms with Crippen molar-refractivity contribution in [2.75, 3.05) is 6.61 Å². The highest BCUT2D eigenvalue weighted by Gasteiger charge is 2.14. The first-order valence-electron chi connectivity index (χ1n) is 6.20. The number of rotatable bonds is 5. The average molecular weight is 220 g/mol. The molecule has 1 N–H and O–H groups in total. The van der Waals surface area contributed by atoms with Crippen molar-refractivity contribution >= 4 is 0 Å². The molecule has 1 fully saturated rings. The molecule has 0 unspecified atom stereocenters. The number of ether oxygens (including phenoxy) is 1. The molecule has 1 aliphatic rings. The average Bonchev–Trinajstić information content (AvgIpc) is 2.81. The Morgan fingerprint density at radius 3 is 3.00 bits per heavy atom. The van der Waals surface area contributed by atoms with Crippen LogP contribution in [0.5, 0.6) is 5.88 Å². The molecule has 1 aromatic rings. The lowest BCUT2D eigenvalue weighted by atomic mass is 10.2. The molecule has 0 aromatic carbocycles. The number of aromatic nitrogens is 1. The molecule has 1 aliphatic carbocycles. The second kappa shape index (κ2) is 5.85. The van der Waals surface area contributed by atoms with Gasteiger partial charge in [0.15, 0.2) is 0 Å². The number of hydrogen-bond acceptors (Lipinski definition) is 3. The van der Waals surface area contributed by atoms with Gasteiger partial charge < -0.3 is 10.1 Å². The van der Waals surface area contributed by atoms with Gasteiger partial charge in [0.25, 0.3) is 0 Å². The fourth-order valence-corrected chi connectivity index (χ4v) is 2.21. The smallest absolute Gasteiger partial charge is 0.217 e. The van der Waals surface area contributed by atoms with Crippen molar-refractivity contribution < 1.29 is 4.74 Å². The van der Waals surface area contributed by atoms with E-state index >= 15 is 0 Å². The summed E-state index contributed by atoms with van der Waals surface area (Å²) in [7, 11) is 0. The summed E-state index contributed by atoms with van der Waals surface area (Å²) in [4.78, 5) is 4.25. The van der Waals surface area contributed by atoms with Gasteiger partial charge in [-0.1, -0.05) is 18.9 Å². The zero-order chi connectivity index (χ0) is 11.2. The van der Waals surface area contributed by atoms with Crippen LogP contribution >= 0.6 is 0 Å². The van der Waals surface area contributed by atoms with Gasteiger partial charge in [-0.25, -0.2) is 4.98 Å². The van der Waals surface area contributed by atoms with E-state index in [-0.39, 0.29) is 0 Å². The third kappa shape index (κ3) is 2.95. The lowest BCUT2D eigenvalue weighted by molar-refractivity contribution is 0.321. The van der Waals surface area contributed by atoms with E-state index < -0.39 is 0 Å². The predicted octanol–water partition coefficient (Wildman–Crippen LogP) is 2.51. The van der Waals surface area contributed by atoms with E-state index in [1.165, 1.54) is 25.7 Å². The second-order valence-corrected chi connectivity index (χ2v) is 4.26. The molecule has 0 amide bonds. The van der Waals surface area contributed by atoms with Crippen molar-refractivity contribution in [2.45, 2.75) is 45.2 Å². The Morgan fingerprint density at radius 2 is 2.25 bits per heavy atom. The Bertz CT molecular complexity index is 321. The second-order valence-electron chi connectivity index (χ2n) is 4.26. The molecule has 0 saturated heterocycles. The minimum atomic E-state index is 0.674. The van der Waals surface area contributed by atoms with E-state index in [4.69, 9.17) is 4.74 Å². The van der Waals surface area contributed by atoms with Gasteiger partial charge in [-0.05, 0) is 25.8 Å². The fraction of sp³-hybridized carbons (Fsp3) is 0.615. The first-order chi connectivity index (χ1) is 7.90. The van der Waals surface area contributed by atoms with Gasteiger partial charge in [-0.2, -0.15) is 0 Å². The lowest BCUT2D eigenvalue weighted by Crippen LogP contribution is -2.25. The Kier molecular flexibility index (Phi) is 4.17. The quantitative estimate of drug-likeness (QED) is 0.828. The summed E-state index contributed by atoms with van der Waals surface area (Å²) in [6.45, 7) is 3.53. The van der Waals surface area contributed by atoms with Gasteiger partial charge in [-0.3, -0.25) is 0 Å². The predicted molar refractivity (Wildman–Crippen MR) is 64.5 cm³/mol. The summed E-state index contributed by atoms with van der Waals surface area (Å²) in [6.07, 6.45) is 7.13. The summed E-state index contributed by atoms with van der Waals surface area (Å²) in [6, 6.07) is 4.74. The number of hydrogen-bond donors (Lipinski definition) is 1. The largest absolute Gasteiger partial charge is 0.478 e. The van der Waals surface area contributed by atoms with Crippen LogP contribution in [0.15, 0.2) is 18.3 Å². The molecule has 2 rings (SSSR count). The lowest BCUT2D eigenvalue weighted by Gasteiger charge is -2.13. The number of nitrogens with zero attached hydrogens (tertiary/aromatic N) is 1.